The maximum Gasteiger partial charge on any atom is 0.103 e. The molecule has 0 aliphatic heterocycles. The van der Waals surface area contributed by atoms with Crippen LogP contribution in [0.3, 0.4) is 0 Å². The summed E-state index contributed by atoms with van der Waals surface area (Å²) in [6.07, 6.45) is 0. The second kappa shape index (κ2) is 4.72. The van der Waals surface area contributed by atoms with Crippen LogP contribution in [0, 0.1) is 6.92 Å². The molecule has 1 aromatic carbocycles. The van der Waals surface area contributed by atoms with Gasteiger partial charge < -0.3 is 10.1 Å². The highest BCUT2D eigenvalue weighted by Gasteiger charge is 2.13. The molecule has 2 N–H and O–H groups in total. The van der Waals surface area contributed by atoms with Crippen LogP contribution in [0.25, 0.3) is 11.3 Å². The number of hydrogen-bond donors (Lipinski definition) is 2. The molecule has 0 bridgehead atoms. The molecular formula is C14H18N2O. The fraction of sp³-hybridized carbons (Fsp3) is 0.357. The molecule has 0 aliphatic rings. The van der Waals surface area contributed by atoms with Crippen LogP contribution in [0.15, 0.2) is 24.3 Å². The minimum atomic E-state index is 0.0803. The lowest BCUT2D eigenvalue weighted by Crippen LogP contribution is -1.92. The third-order valence-corrected chi connectivity index (χ3v) is 2.84. The molecule has 1 aromatic heterocycles. The first-order valence-electron chi connectivity index (χ1n) is 5.88. The molecule has 3 heteroatoms. The van der Waals surface area contributed by atoms with Gasteiger partial charge in [-0.1, -0.05) is 38.1 Å². The first-order valence-corrected chi connectivity index (χ1v) is 5.88. The van der Waals surface area contributed by atoms with Gasteiger partial charge in [0.25, 0.3) is 0 Å². The van der Waals surface area contributed by atoms with E-state index in [1.54, 1.807) is 0 Å². The number of nitrogens with zero attached hydrogens (tertiary/aromatic N) is 1. The molecule has 0 unspecified atom stereocenters. The van der Waals surface area contributed by atoms with Crippen molar-refractivity contribution in [1.82, 2.24) is 9.97 Å². The molecule has 17 heavy (non-hydrogen) atoms. The molecule has 2 rings (SSSR count). The predicted octanol–water partition coefficient (Wildman–Crippen LogP) is 3.00. The summed E-state index contributed by atoms with van der Waals surface area (Å²) in [6, 6.07) is 7.88. The summed E-state index contributed by atoms with van der Waals surface area (Å²) in [6.45, 7) is 6.35. The van der Waals surface area contributed by atoms with Gasteiger partial charge in [-0.3, -0.25) is 0 Å². The van der Waals surface area contributed by atoms with Crippen molar-refractivity contribution in [1.29, 1.82) is 0 Å². The number of aliphatic hydroxyl groups excluding tert-OH is 1. The summed E-state index contributed by atoms with van der Waals surface area (Å²) >= 11 is 0. The third-order valence-electron chi connectivity index (χ3n) is 2.84. The van der Waals surface area contributed by atoms with Gasteiger partial charge in [0, 0.05) is 11.3 Å². The molecule has 0 radical (unpaired) electrons. The SMILES string of the molecule is Cc1nc(-c2ccc(CO)cc2)c(C(C)C)[nH]1. The van der Waals surface area contributed by atoms with Crippen molar-refractivity contribution < 1.29 is 5.11 Å². The Balaban J connectivity index is 2.44. The summed E-state index contributed by atoms with van der Waals surface area (Å²) in [4.78, 5) is 7.85. The first kappa shape index (κ1) is 11.9. The minimum absolute atomic E-state index is 0.0803. The molecule has 1 heterocycles. The Bertz CT molecular complexity index is 497. The van der Waals surface area contributed by atoms with Crippen LogP contribution in [-0.2, 0) is 6.61 Å². The zero-order chi connectivity index (χ0) is 12.4. The molecule has 90 valence electrons. The van der Waals surface area contributed by atoms with Crippen molar-refractivity contribution in [3.05, 3.63) is 41.3 Å². The van der Waals surface area contributed by atoms with Gasteiger partial charge in [0.05, 0.1) is 12.3 Å². The summed E-state index contributed by atoms with van der Waals surface area (Å²) in [5, 5.41) is 9.02. The van der Waals surface area contributed by atoms with E-state index < -0.39 is 0 Å². The van der Waals surface area contributed by atoms with E-state index in [4.69, 9.17) is 5.11 Å². The number of aryl methyl sites for hydroxylation is 1. The number of H-pyrrole nitrogens is 1. The summed E-state index contributed by atoms with van der Waals surface area (Å²) < 4.78 is 0. The topological polar surface area (TPSA) is 48.9 Å². The highest BCUT2D eigenvalue weighted by molar-refractivity contribution is 5.63. The zero-order valence-corrected chi connectivity index (χ0v) is 10.5. The van der Waals surface area contributed by atoms with E-state index in [0.717, 1.165) is 22.6 Å². The fourth-order valence-electron chi connectivity index (χ4n) is 1.92. The normalized spacial score (nSPS) is 11.1. The van der Waals surface area contributed by atoms with E-state index in [9.17, 15) is 0 Å². The van der Waals surface area contributed by atoms with E-state index in [-0.39, 0.29) is 6.61 Å². The number of imidazole rings is 1. The standard InChI is InChI=1S/C14H18N2O/c1-9(2)13-14(16-10(3)15-13)12-6-4-11(8-17)5-7-12/h4-7,9,17H,8H2,1-3H3,(H,15,16). The Kier molecular flexibility index (Phi) is 3.29. The average molecular weight is 230 g/mol. The van der Waals surface area contributed by atoms with Crippen molar-refractivity contribution in [2.75, 3.05) is 0 Å². The van der Waals surface area contributed by atoms with Gasteiger partial charge in [0.2, 0.25) is 0 Å². The van der Waals surface area contributed by atoms with Gasteiger partial charge in [0.15, 0.2) is 0 Å². The monoisotopic (exact) mass is 230 g/mol. The molecule has 0 atom stereocenters. The Hall–Kier alpha value is -1.61. The molecule has 0 aliphatic carbocycles. The minimum Gasteiger partial charge on any atom is -0.392 e. The number of aliphatic hydroxyl groups is 1. The van der Waals surface area contributed by atoms with Crippen LogP contribution in [0.2, 0.25) is 0 Å². The molecule has 0 saturated heterocycles. The molecule has 3 nitrogen and oxygen atoms in total. The maximum atomic E-state index is 9.02. The summed E-state index contributed by atoms with van der Waals surface area (Å²) in [7, 11) is 0. The average Bonchev–Trinajstić information content (AvgIpc) is 2.72. The lowest BCUT2D eigenvalue weighted by molar-refractivity contribution is 0.282. The van der Waals surface area contributed by atoms with Crippen molar-refractivity contribution in [2.24, 2.45) is 0 Å². The second-order valence-electron chi connectivity index (χ2n) is 4.59. The highest BCUT2D eigenvalue weighted by Crippen LogP contribution is 2.27. The van der Waals surface area contributed by atoms with Crippen molar-refractivity contribution in [2.45, 2.75) is 33.3 Å². The van der Waals surface area contributed by atoms with Gasteiger partial charge in [-0.25, -0.2) is 4.98 Å². The van der Waals surface area contributed by atoms with Crippen LogP contribution in [0.4, 0.5) is 0 Å². The maximum absolute atomic E-state index is 9.02. The Morgan fingerprint density at radius 2 is 1.88 bits per heavy atom. The largest absolute Gasteiger partial charge is 0.392 e. The van der Waals surface area contributed by atoms with Crippen molar-refractivity contribution in [3.63, 3.8) is 0 Å². The van der Waals surface area contributed by atoms with Crippen molar-refractivity contribution in [3.8, 4) is 11.3 Å². The van der Waals surface area contributed by atoms with E-state index >= 15 is 0 Å². The second-order valence-corrected chi connectivity index (χ2v) is 4.59. The fourth-order valence-corrected chi connectivity index (χ4v) is 1.92. The molecule has 0 saturated carbocycles. The van der Waals surface area contributed by atoms with E-state index in [1.807, 2.05) is 31.2 Å². The van der Waals surface area contributed by atoms with E-state index in [2.05, 4.69) is 23.8 Å². The number of aromatic nitrogens is 2. The van der Waals surface area contributed by atoms with Crippen LogP contribution >= 0.6 is 0 Å². The molecule has 2 aromatic rings. The summed E-state index contributed by atoms with van der Waals surface area (Å²) in [5.41, 5.74) is 4.20. The van der Waals surface area contributed by atoms with Gasteiger partial charge in [0.1, 0.15) is 5.82 Å². The molecule has 0 fully saturated rings. The predicted molar refractivity (Wildman–Crippen MR) is 68.8 cm³/mol. The lowest BCUT2D eigenvalue weighted by atomic mass is 10.0. The number of nitrogens with one attached hydrogen (secondary N) is 1. The van der Waals surface area contributed by atoms with Gasteiger partial charge in [-0.15, -0.1) is 0 Å². The van der Waals surface area contributed by atoms with E-state index in [0.29, 0.717) is 5.92 Å². The zero-order valence-electron chi connectivity index (χ0n) is 10.5. The number of hydrogen-bond acceptors (Lipinski definition) is 2. The van der Waals surface area contributed by atoms with Crippen LogP contribution in [-0.4, -0.2) is 15.1 Å². The van der Waals surface area contributed by atoms with Gasteiger partial charge in [-0.05, 0) is 18.4 Å². The summed E-state index contributed by atoms with van der Waals surface area (Å²) in [5.74, 6) is 1.36. The quantitative estimate of drug-likeness (QED) is 0.851. The number of rotatable bonds is 3. The molecule has 0 amide bonds. The van der Waals surface area contributed by atoms with Gasteiger partial charge >= 0.3 is 0 Å². The van der Waals surface area contributed by atoms with E-state index in [1.165, 1.54) is 5.69 Å². The first-order chi connectivity index (χ1) is 8.11. The van der Waals surface area contributed by atoms with Crippen molar-refractivity contribution >= 4 is 0 Å². The van der Waals surface area contributed by atoms with Crippen LogP contribution in [0.5, 0.6) is 0 Å². The number of aromatic amines is 1. The molecule has 0 spiro atoms. The smallest absolute Gasteiger partial charge is 0.103 e. The molecular weight excluding hydrogens is 212 g/mol. The Labute approximate surface area is 102 Å². The van der Waals surface area contributed by atoms with Crippen LogP contribution in [0.1, 0.15) is 36.8 Å². The lowest BCUT2D eigenvalue weighted by Gasteiger charge is -2.06. The highest BCUT2D eigenvalue weighted by atomic mass is 16.3. The third kappa shape index (κ3) is 2.39. The number of benzene rings is 1. The Morgan fingerprint density at radius 3 is 2.41 bits per heavy atom. The Morgan fingerprint density at radius 1 is 1.24 bits per heavy atom. The van der Waals surface area contributed by atoms with Crippen LogP contribution < -0.4 is 0 Å². The van der Waals surface area contributed by atoms with Gasteiger partial charge in [-0.2, -0.15) is 0 Å².